The van der Waals surface area contributed by atoms with E-state index in [9.17, 15) is 18.3 Å². The molecule has 1 atom stereocenters. The van der Waals surface area contributed by atoms with Crippen molar-refractivity contribution in [1.29, 1.82) is 0 Å². The lowest BCUT2D eigenvalue weighted by Crippen LogP contribution is -2.36. The zero-order valence-electron chi connectivity index (χ0n) is 8.97. The summed E-state index contributed by atoms with van der Waals surface area (Å²) in [7, 11) is 0. The van der Waals surface area contributed by atoms with Crippen molar-refractivity contribution >= 4 is 17.3 Å². The first-order valence-electron chi connectivity index (χ1n) is 4.91. The molecule has 6 heteroatoms. The second-order valence-corrected chi connectivity index (χ2v) is 4.38. The van der Waals surface area contributed by atoms with Crippen molar-refractivity contribution in [2.45, 2.75) is 6.10 Å². The molecule has 0 spiro atoms. The van der Waals surface area contributed by atoms with E-state index in [1.54, 1.807) is 0 Å². The molecule has 0 amide bonds. The van der Waals surface area contributed by atoms with Crippen LogP contribution in [0.5, 0.6) is 0 Å². The maximum absolute atomic E-state index is 12.8. The van der Waals surface area contributed by atoms with Gasteiger partial charge in [0.25, 0.3) is 0 Å². The first kappa shape index (κ1) is 14.1. The van der Waals surface area contributed by atoms with Gasteiger partial charge in [-0.3, -0.25) is 13.2 Å². The summed E-state index contributed by atoms with van der Waals surface area (Å²) in [5.41, 5.74) is 3.60. The lowest BCUT2D eigenvalue weighted by Gasteiger charge is -2.31. The molecule has 0 heterocycles. The molecule has 17 heavy (non-hydrogen) atoms. The third kappa shape index (κ3) is 2.66. The van der Waals surface area contributed by atoms with Crippen molar-refractivity contribution in [2.24, 2.45) is 5.41 Å². The van der Waals surface area contributed by atoms with Crippen LogP contribution in [0.4, 0.5) is 18.9 Å². The summed E-state index contributed by atoms with van der Waals surface area (Å²) < 4.78 is 38.3. The van der Waals surface area contributed by atoms with Gasteiger partial charge in [0, 0.05) is 16.3 Å². The van der Waals surface area contributed by atoms with Gasteiger partial charge in [0.05, 0.1) is 11.5 Å². The van der Waals surface area contributed by atoms with Crippen LogP contribution < -0.4 is 5.73 Å². The van der Waals surface area contributed by atoms with E-state index in [0.29, 0.717) is 0 Å². The number of hydrogen-bond donors (Lipinski definition) is 2. The van der Waals surface area contributed by atoms with Gasteiger partial charge in [-0.2, -0.15) is 0 Å². The van der Waals surface area contributed by atoms with E-state index < -0.39 is 31.5 Å². The van der Waals surface area contributed by atoms with Crippen LogP contribution in [0.15, 0.2) is 18.2 Å². The van der Waals surface area contributed by atoms with E-state index in [0.717, 1.165) is 0 Å². The zero-order valence-corrected chi connectivity index (χ0v) is 9.72. The minimum atomic E-state index is -2.11. The van der Waals surface area contributed by atoms with Gasteiger partial charge in [0.1, 0.15) is 20.0 Å². The van der Waals surface area contributed by atoms with Crippen LogP contribution >= 0.6 is 11.6 Å². The third-order valence-corrected chi connectivity index (χ3v) is 2.96. The SMILES string of the molecule is Nc1ccc(Cl)cc1C(O)C(CF)(CF)CF. The van der Waals surface area contributed by atoms with Crippen molar-refractivity contribution < 1.29 is 18.3 Å². The Labute approximate surface area is 102 Å². The Balaban J connectivity index is 3.17. The van der Waals surface area contributed by atoms with E-state index >= 15 is 0 Å². The molecule has 1 unspecified atom stereocenters. The van der Waals surface area contributed by atoms with E-state index in [4.69, 9.17) is 17.3 Å². The number of aliphatic hydroxyl groups is 1. The highest BCUT2D eigenvalue weighted by atomic mass is 35.5. The highest BCUT2D eigenvalue weighted by Crippen LogP contribution is 2.39. The van der Waals surface area contributed by atoms with E-state index in [2.05, 4.69) is 0 Å². The fourth-order valence-electron chi connectivity index (χ4n) is 1.44. The molecule has 1 aromatic carbocycles. The molecule has 0 saturated heterocycles. The first-order valence-corrected chi connectivity index (χ1v) is 5.29. The molecule has 1 rings (SSSR count). The van der Waals surface area contributed by atoms with Crippen LogP contribution in [0.2, 0.25) is 5.02 Å². The molecular formula is C11H13ClF3NO. The molecule has 0 fully saturated rings. The maximum atomic E-state index is 12.8. The van der Waals surface area contributed by atoms with Gasteiger partial charge in [-0.1, -0.05) is 11.6 Å². The first-order chi connectivity index (χ1) is 8.00. The average Bonchev–Trinajstić information content (AvgIpc) is 2.35. The van der Waals surface area contributed by atoms with Gasteiger partial charge in [-0.15, -0.1) is 0 Å². The van der Waals surface area contributed by atoms with E-state index in [-0.39, 0.29) is 16.3 Å². The largest absolute Gasteiger partial charge is 0.398 e. The summed E-state index contributed by atoms with van der Waals surface area (Å²) in [5.74, 6) is 0. The van der Waals surface area contributed by atoms with Crippen molar-refractivity contribution in [3.63, 3.8) is 0 Å². The number of nitrogens with two attached hydrogens (primary N) is 1. The van der Waals surface area contributed by atoms with Crippen molar-refractivity contribution in [3.8, 4) is 0 Å². The quantitative estimate of drug-likeness (QED) is 0.806. The Morgan fingerprint density at radius 3 is 2.24 bits per heavy atom. The molecule has 0 aliphatic rings. The minimum Gasteiger partial charge on any atom is -0.398 e. The van der Waals surface area contributed by atoms with Crippen LogP contribution in [0.3, 0.4) is 0 Å². The molecule has 96 valence electrons. The Morgan fingerprint density at radius 2 is 1.76 bits per heavy atom. The van der Waals surface area contributed by atoms with Crippen LogP contribution in [-0.4, -0.2) is 25.1 Å². The summed E-state index contributed by atoms with van der Waals surface area (Å²) in [6.07, 6.45) is -1.68. The summed E-state index contributed by atoms with van der Waals surface area (Å²) >= 11 is 5.69. The molecule has 0 bridgehead atoms. The topological polar surface area (TPSA) is 46.2 Å². The lowest BCUT2D eigenvalue weighted by molar-refractivity contribution is -0.0295. The number of halogens is 4. The van der Waals surface area contributed by atoms with Gasteiger partial charge in [-0.05, 0) is 18.2 Å². The lowest BCUT2D eigenvalue weighted by atomic mass is 9.82. The highest BCUT2D eigenvalue weighted by Gasteiger charge is 2.40. The Hall–Kier alpha value is -0.940. The fourth-order valence-corrected chi connectivity index (χ4v) is 1.62. The van der Waals surface area contributed by atoms with Crippen LogP contribution in [0.25, 0.3) is 0 Å². The zero-order chi connectivity index (χ0) is 13.1. The van der Waals surface area contributed by atoms with E-state index in [1.165, 1.54) is 18.2 Å². The molecule has 1 aromatic rings. The summed E-state index contributed by atoms with van der Waals surface area (Å²) in [5, 5.41) is 10.1. The average molecular weight is 268 g/mol. The van der Waals surface area contributed by atoms with Gasteiger partial charge in [0.2, 0.25) is 0 Å². The predicted molar refractivity (Wildman–Crippen MR) is 61.2 cm³/mol. The molecule has 0 saturated carbocycles. The maximum Gasteiger partial charge on any atom is 0.103 e. The Morgan fingerprint density at radius 1 is 1.24 bits per heavy atom. The fraction of sp³-hybridized carbons (Fsp3) is 0.455. The normalized spacial score (nSPS) is 13.7. The molecule has 0 aliphatic carbocycles. The van der Waals surface area contributed by atoms with Crippen LogP contribution in [-0.2, 0) is 0 Å². The smallest absolute Gasteiger partial charge is 0.103 e. The van der Waals surface area contributed by atoms with Gasteiger partial charge >= 0.3 is 0 Å². The number of nitrogen functional groups attached to an aromatic ring is 1. The van der Waals surface area contributed by atoms with Crippen LogP contribution in [0.1, 0.15) is 11.7 Å². The third-order valence-electron chi connectivity index (χ3n) is 2.72. The van der Waals surface area contributed by atoms with Gasteiger partial charge in [0.15, 0.2) is 0 Å². The molecule has 2 nitrogen and oxygen atoms in total. The van der Waals surface area contributed by atoms with Crippen molar-refractivity contribution in [1.82, 2.24) is 0 Å². The molecule has 0 aliphatic heterocycles. The number of rotatable bonds is 5. The van der Waals surface area contributed by atoms with Gasteiger partial charge in [-0.25, -0.2) is 0 Å². The molecule has 0 radical (unpaired) electrons. The van der Waals surface area contributed by atoms with Crippen LogP contribution in [0, 0.1) is 5.41 Å². The Kier molecular flexibility index (Phi) is 4.65. The number of hydrogen-bond acceptors (Lipinski definition) is 2. The minimum absolute atomic E-state index is 0.0328. The number of alkyl halides is 3. The number of aliphatic hydroxyl groups excluding tert-OH is 1. The molecular weight excluding hydrogens is 255 g/mol. The Bertz CT molecular complexity index is 377. The predicted octanol–water partition coefficient (Wildman–Crippen LogP) is 2.85. The summed E-state index contributed by atoms with van der Waals surface area (Å²) in [6, 6.07) is 4.13. The van der Waals surface area contributed by atoms with E-state index in [1.807, 2.05) is 0 Å². The number of benzene rings is 1. The monoisotopic (exact) mass is 267 g/mol. The van der Waals surface area contributed by atoms with Crippen molar-refractivity contribution in [3.05, 3.63) is 28.8 Å². The van der Waals surface area contributed by atoms with Crippen molar-refractivity contribution in [2.75, 3.05) is 25.8 Å². The number of anilines is 1. The molecule has 0 aromatic heterocycles. The summed E-state index contributed by atoms with van der Waals surface area (Å²) in [6.45, 7) is -3.98. The second-order valence-electron chi connectivity index (χ2n) is 3.94. The highest BCUT2D eigenvalue weighted by molar-refractivity contribution is 6.30. The summed E-state index contributed by atoms with van der Waals surface area (Å²) in [4.78, 5) is 0. The standard InChI is InChI=1S/C11H13ClF3NO/c12-7-1-2-9(16)8(3-7)10(17)11(4-13,5-14)6-15/h1-3,10,17H,4-6,16H2. The van der Waals surface area contributed by atoms with Gasteiger partial charge < -0.3 is 10.8 Å². The molecule has 3 N–H and O–H groups in total. The second kappa shape index (κ2) is 5.60.